The maximum absolute atomic E-state index is 12.3. The molecule has 0 saturated heterocycles. The number of aromatic nitrogens is 1. The predicted molar refractivity (Wildman–Crippen MR) is 90.4 cm³/mol. The van der Waals surface area contributed by atoms with Crippen LogP contribution in [0.2, 0.25) is 0 Å². The van der Waals surface area contributed by atoms with Crippen LogP contribution in [0, 0.1) is 0 Å². The van der Waals surface area contributed by atoms with Gasteiger partial charge in [-0.1, -0.05) is 0 Å². The van der Waals surface area contributed by atoms with Crippen molar-refractivity contribution in [2.45, 2.75) is 0 Å². The zero-order chi connectivity index (χ0) is 17.3. The quantitative estimate of drug-likeness (QED) is 0.804. The Bertz CT molecular complexity index is 842. The molecule has 126 valence electrons. The number of ether oxygens (including phenoxy) is 3. The first-order valence-electron chi connectivity index (χ1n) is 7.08. The molecule has 7 nitrogen and oxygen atoms in total. The first kappa shape index (κ1) is 16.5. The van der Waals surface area contributed by atoms with E-state index in [0.717, 1.165) is 15.4 Å². The monoisotopic (exact) mass is 394 g/mol. The lowest BCUT2D eigenvalue weighted by Crippen LogP contribution is -2.38. The summed E-state index contributed by atoms with van der Waals surface area (Å²) in [5.41, 5.74) is 1.88. The molecule has 0 unspecified atom stereocenters. The van der Waals surface area contributed by atoms with Crippen LogP contribution in [0.1, 0.15) is 0 Å². The number of hydrogen-bond donors (Lipinski definition) is 1. The van der Waals surface area contributed by atoms with E-state index in [9.17, 15) is 9.59 Å². The molecule has 2 heterocycles. The van der Waals surface area contributed by atoms with E-state index < -0.39 is 11.9 Å². The third kappa shape index (κ3) is 2.78. The van der Waals surface area contributed by atoms with Gasteiger partial charge in [-0.05, 0) is 34.1 Å². The Kier molecular flexibility index (Phi) is 4.59. The number of anilines is 1. The third-order valence-corrected chi connectivity index (χ3v) is 4.37. The zero-order valence-corrected chi connectivity index (χ0v) is 14.7. The predicted octanol–water partition coefficient (Wildman–Crippen LogP) is 2.32. The van der Waals surface area contributed by atoms with Crippen LogP contribution < -0.4 is 4.90 Å². The number of nitrogens with one attached hydrogen (secondary N) is 1. The number of rotatable bonds is 3. The number of hydrogen-bond acceptors (Lipinski definition) is 6. The normalized spacial score (nSPS) is 14.9. The van der Waals surface area contributed by atoms with Crippen molar-refractivity contribution in [2.24, 2.45) is 0 Å². The highest BCUT2D eigenvalue weighted by Gasteiger charge is 2.32. The van der Waals surface area contributed by atoms with E-state index in [2.05, 4.69) is 20.9 Å². The first-order chi connectivity index (χ1) is 11.6. The van der Waals surface area contributed by atoms with Gasteiger partial charge in [0.1, 0.15) is 12.4 Å². The number of H-pyrrole nitrogens is 1. The number of carbonyl (C=O) groups is 2. The van der Waals surface area contributed by atoms with Crippen molar-refractivity contribution in [1.82, 2.24) is 4.98 Å². The fourth-order valence-corrected chi connectivity index (χ4v) is 3.19. The molecule has 0 bridgehead atoms. The average molecular weight is 395 g/mol. The number of fused-ring (bicyclic) bond motifs is 1. The molecular weight excluding hydrogens is 380 g/mol. The number of benzene rings is 1. The SMILES string of the molecule is COC(=O)C1=C(C(=O)OC)N(c2cc(Br)c3[nH]ccc3c2)COC1. The van der Waals surface area contributed by atoms with Crippen molar-refractivity contribution < 1.29 is 23.8 Å². The summed E-state index contributed by atoms with van der Waals surface area (Å²) in [6.07, 6.45) is 1.82. The van der Waals surface area contributed by atoms with E-state index in [-0.39, 0.29) is 24.6 Å². The van der Waals surface area contributed by atoms with Crippen LogP contribution in [0.25, 0.3) is 10.9 Å². The Hall–Kier alpha value is -2.32. The van der Waals surface area contributed by atoms with Gasteiger partial charge in [-0.2, -0.15) is 0 Å². The molecule has 3 rings (SSSR count). The number of carbonyl (C=O) groups excluding carboxylic acids is 2. The molecule has 8 heteroatoms. The lowest BCUT2D eigenvalue weighted by Gasteiger charge is -2.31. The summed E-state index contributed by atoms with van der Waals surface area (Å²) in [6, 6.07) is 5.64. The summed E-state index contributed by atoms with van der Waals surface area (Å²) in [6.45, 7) is 0.106. The van der Waals surface area contributed by atoms with Gasteiger partial charge in [0.25, 0.3) is 0 Å². The Morgan fingerprint density at radius 3 is 2.71 bits per heavy atom. The highest BCUT2D eigenvalue weighted by Crippen LogP contribution is 2.33. The summed E-state index contributed by atoms with van der Waals surface area (Å²) >= 11 is 3.50. The van der Waals surface area contributed by atoms with Crippen LogP contribution in [-0.2, 0) is 23.8 Å². The van der Waals surface area contributed by atoms with E-state index in [4.69, 9.17) is 14.2 Å². The van der Waals surface area contributed by atoms with E-state index in [1.54, 1.807) is 4.90 Å². The van der Waals surface area contributed by atoms with Crippen molar-refractivity contribution in [1.29, 1.82) is 0 Å². The molecule has 1 aromatic heterocycles. The molecule has 1 aliphatic rings. The van der Waals surface area contributed by atoms with Crippen molar-refractivity contribution in [2.75, 3.05) is 32.5 Å². The molecule has 0 saturated carbocycles. The number of aromatic amines is 1. The van der Waals surface area contributed by atoms with Crippen molar-refractivity contribution in [3.8, 4) is 0 Å². The molecule has 0 radical (unpaired) electrons. The van der Waals surface area contributed by atoms with Gasteiger partial charge in [0.15, 0.2) is 0 Å². The summed E-state index contributed by atoms with van der Waals surface area (Å²) in [4.78, 5) is 29.0. The summed E-state index contributed by atoms with van der Waals surface area (Å²) in [5.74, 6) is -1.24. The second kappa shape index (κ2) is 6.66. The molecule has 0 spiro atoms. The van der Waals surface area contributed by atoms with Crippen molar-refractivity contribution >= 4 is 44.5 Å². The van der Waals surface area contributed by atoms with Crippen LogP contribution in [0.5, 0.6) is 0 Å². The highest BCUT2D eigenvalue weighted by molar-refractivity contribution is 9.10. The summed E-state index contributed by atoms with van der Waals surface area (Å²) in [7, 11) is 2.52. The van der Waals surface area contributed by atoms with Gasteiger partial charge in [0.05, 0.1) is 31.9 Å². The molecule has 0 amide bonds. The molecule has 24 heavy (non-hydrogen) atoms. The zero-order valence-electron chi connectivity index (χ0n) is 13.1. The molecule has 1 N–H and O–H groups in total. The van der Waals surface area contributed by atoms with Crippen LogP contribution >= 0.6 is 15.9 Å². The minimum absolute atomic E-state index is 0.0127. The second-order valence-electron chi connectivity index (χ2n) is 5.09. The van der Waals surface area contributed by atoms with Crippen LogP contribution in [0.4, 0.5) is 5.69 Å². The number of esters is 2. The molecule has 2 aromatic rings. The lowest BCUT2D eigenvalue weighted by atomic mass is 10.1. The fraction of sp³-hybridized carbons (Fsp3) is 0.250. The topological polar surface area (TPSA) is 80.9 Å². The molecular formula is C16H15BrN2O5. The molecule has 0 fully saturated rings. The fourth-order valence-electron chi connectivity index (χ4n) is 2.61. The van der Waals surface area contributed by atoms with E-state index in [1.807, 2.05) is 24.4 Å². The average Bonchev–Trinajstić information content (AvgIpc) is 3.08. The molecule has 1 aromatic carbocycles. The van der Waals surface area contributed by atoms with E-state index in [0.29, 0.717) is 5.69 Å². The van der Waals surface area contributed by atoms with Gasteiger partial charge >= 0.3 is 11.9 Å². The Morgan fingerprint density at radius 2 is 2.00 bits per heavy atom. The van der Waals surface area contributed by atoms with Gasteiger partial charge in [-0.25, -0.2) is 9.59 Å². The lowest BCUT2D eigenvalue weighted by molar-refractivity contribution is -0.140. The van der Waals surface area contributed by atoms with Crippen molar-refractivity contribution in [3.05, 3.63) is 40.1 Å². The number of methoxy groups -OCH3 is 2. The van der Waals surface area contributed by atoms with Crippen LogP contribution in [-0.4, -0.2) is 44.5 Å². The Morgan fingerprint density at radius 1 is 1.25 bits per heavy atom. The van der Waals surface area contributed by atoms with Gasteiger partial charge in [-0.3, -0.25) is 0 Å². The maximum Gasteiger partial charge on any atom is 0.355 e. The number of halogens is 1. The Labute approximate surface area is 146 Å². The maximum atomic E-state index is 12.3. The standard InChI is InChI=1S/C16H15BrN2O5/c1-22-15(20)11-7-24-8-19(14(11)16(21)23-2)10-5-9-3-4-18-13(9)12(17)6-10/h3-6,18H,7-8H2,1-2H3. The van der Waals surface area contributed by atoms with Crippen molar-refractivity contribution in [3.63, 3.8) is 0 Å². The van der Waals surface area contributed by atoms with Gasteiger partial charge < -0.3 is 24.1 Å². The summed E-state index contributed by atoms with van der Waals surface area (Å²) < 4.78 is 15.9. The number of nitrogens with zero attached hydrogens (tertiary/aromatic N) is 1. The van der Waals surface area contributed by atoms with Crippen LogP contribution in [0.15, 0.2) is 40.1 Å². The van der Waals surface area contributed by atoms with Crippen LogP contribution in [0.3, 0.4) is 0 Å². The van der Waals surface area contributed by atoms with Gasteiger partial charge in [0, 0.05) is 21.7 Å². The summed E-state index contributed by atoms with van der Waals surface area (Å²) in [5, 5.41) is 0.953. The minimum Gasteiger partial charge on any atom is -0.466 e. The largest absolute Gasteiger partial charge is 0.466 e. The minimum atomic E-state index is -0.623. The van der Waals surface area contributed by atoms with E-state index in [1.165, 1.54) is 14.2 Å². The molecule has 0 atom stereocenters. The smallest absolute Gasteiger partial charge is 0.355 e. The second-order valence-corrected chi connectivity index (χ2v) is 5.94. The van der Waals surface area contributed by atoms with Gasteiger partial charge in [-0.15, -0.1) is 0 Å². The third-order valence-electron chi connectivity index (χ3n) is 3.74. The molecule has 1 aliphatic heterocycles. The first-order valence-corrected chi connectivity index (χ1v) is 7.87. The van der Waals surface area contributed by atoms with Gasteiger partial charge in [0.2, 0.25) is 0 Å². The highest BCUT2D eigenvalue weighted by atomic mass is 79.9. The molecule has 0 aliphatic carbocycles. The van der Waals surface area contributed by atoms with E-state index >= 15 is 0 Å². The Balaban J connectivity index is 2.15.